The Morgan fingerprint density at radius 3 is 2.40 bits per heavy atom. The summed E-state index contributed by atoms with van der Waals surface area (Å²) < 4.78 is 38.3. The molecule has 2 aromatic rings. The number of piperazine rings is 1. The normalized spacial score (nSPS) is 18.2. The number of benzene rings is 1. The van der Waals surface area contributed by atoms with E-state index in [1.807, 2.05) is 18.2 Å². The smallest absolute Gasteiger partial charge is 0.243 e. The summed E-state index contributed by atoms with van der Waals surface area (Å²) in [4.78, 5) is 6.66. The standard InChI is InChI=1S/C17H19N3O4S/c21-25(22,14-4-5-15-16(13-14)24-12-11-23-15)20-9-7-19(8-10-20)17-3-1-2-6-18-17/h1-6,13H,7-12H2. The SMILES string of the molecule is O=S(=O)(c1ccc2c(c1)OCCO2)N1CCN(c2ccccn2)CC1. The van der Waals surface area contributed by atoms with Crippen molar-refractivity contribution in [3.63, 3.8) is 0 Å². The molecule has 8 heteroatoms. The number of rotatable bonds is 3. The van der Waals surface area contributed by atoms with Crippen molar-refractivity contribution in [2.45, 2.75) is 4.90 Å². The summed E-state index contributed by atoms with van der Waals surface area (Å²) in [6.07, 6.45) is 1.74. The summed E-state index contributed by atoms with van der Waals surface area (Å²) in [5.41, 5.74) is 0. The molecule has 0 N–H and O–H groups in total. The van der Waals surface area contributed by atoms with Crippen LogP contribution in [0.1, 0.15) is 0 Å². The zero-order valence-corrected chi connectivity index (χ0v) is 14.5. The van der Waals surface area contributed by atoms with Gasteiger partial charge in [-0.3, -0.25) is 0 Å². The lowest BCUT2D eigenvalue weighted by Crippen LogP contribution is -2.48. The number of anilines is 1. The van der Waals surface area contributed by atoms with Crippen LogP contribution in [0.5, 0.6) is 11.5 Å². The largest absolute Gasteiger partial charge is 0.486 e. The predicted molar refractivity (Wildman–Crippen MR) is 92.6 cm³/mol. The van der Waals surface area contributed by atoms with E-state index >= 15 is 0 Å². The monoisotopic (exact) mass is 361 g/mol. The summed E-state index contributed by atoms with van der Waals surface area (Å²) in [5, 5.41) is 0. The van der Waals surface area contributed by atoms with Gasteiger partial charge < -0.3 is 14.4 Å². The Hall–Kier alpha value is -2.32. The van der Waals surface area contributed by atoms with Crippen molar-refractivity contribution in [1.82, 2.24) is 9.29 Å². The molecule has 1 fully saturated rings. The maximum absolute atomic E-state index is 12.9. The van der Waals surface area contributed by atoms with Gasteiger partial charge in [0.15, 0.2) is 11.5 Å². The van der Waals surface area contributed by atoms with E-state index in [9.17, 15) is 8.42 Å². The van der Waals surface area contributed by atoms with Gasteiger partial charge in [-0.15, -0.1) is 0 Å². The van der Waals surface area contributed by atoms with Gasteiger partial charge >= 0.3 is 0 Å². The lowest BCUT2D eigenvalue weighted by Gasteiger charge is -2.34. The van der Waals surface area contributed by atoms with E-state index in [-0.39, 0.29) is 4.90 Å². The molecule has 0 saturated carbocycles. The van der Waals surface area contributed by atoms with Crippen LogP contribution in [0, 0.1) is 0 Å². The van der Waals surface area contributed by atoms with E-state index in [0.717, 1.165) is 5.82 Å². The molecule has 1 saturated heterocycles. The Kier molecular flexibility index (Phi) is 4.22. The minimum absolute atomic E-state index is 0.239. The summed E-state index contributed by atoms with van der Waals surface area (Å²) >= 11 is 0. The third kappa shape index (κ3) is 3.14. The summed E-state index contributed by atoms with van der Waals surface area (Å²) in [6.45, 7) is 2.98. The number of aromatic nitrogens is 1. The van der Waals surface area contributed by atoms with E-state index in [2.05, 4.69) is 9.88 Å². The van der Waals surface area contributed by atoms with Crippen LogP contribution in [0.2, 0.25) is 0 Å². The number of nitrogens with zero attached hydrogens (tertiary/aromatic N) is 3. The Morgan fingerprint density at radius 2 is 1.68 bits per heavy atom. The van der Waals surface area contributed by atoms with Crippen molar-refractivity contribution in [3.8, 4) is 11.5 Å². The average Bonchev–Trinajstić information content (AvgIpc) is 2.68. The van der Waals surface area contributed by atoms with Crippen LogP contribution in [0.25, 0.3) is 0 Å². The second-order valence-electron chi connectivity index (χ2n) is 5.88. The van der Waals surface area contributed by atoms with E-state index in [4.69, 9.17) is 9.47 Å². The van der Waals surface area contributed by atoms with Crippen LogP contribution in [-0.4, -0.2) is 57.1 Å². The fourth-order valence-corrected chi connectivity index (χ4v) is 4.47. The molecule has 3 heterocycles. The van der Waals surface area contributed by atoms with Gasteiger partial charge in [0.2, 0.25) is 10.0 Å². The lowest BCUT2D eigenvalue weighted by molar-refractivity contribution is 0.171. The third-order valence-electron chi connectivity index (χ3n) is 4.36. The first kappa shape index (κ1) is 16.2. The van der Waals surface area contributed by atoms with Crippen molar-refractivity contribution < 1.29 is 17.9 Å². The number of hydrogen-bond acceptors (Lipinski definition) is 6. The summed E-state index contributed by atoms with van der Waals surface area (Å²) in [6, 6.07) is 10.5. The van der Waals surface area contributed by atoms with Crippen molar-refractivity contribution in [2.75, 3.05) is 44.3 Å². The van der Waals surface area contributed by atoms with Crippen LogP contribution < -0.4 is 14.4 Å². The number of sulfonamides is 1. The second-order valence-corrected chi connectivity index (χ2v) is 7.82. The maximum Gasteiger partial charge on any atom is 0.243 e. The molecule has 4 rings (SSSR count). The van der Waals surface area contributed by atoms with Crippen LogP contribution in [-0.2, 0) is 10.0 Å². The van der Waals surface area contributed by atoms with Crippen LogP contribution in [0.4, 0.5) is 5.82 Å². The van der Waals surface area contributed by atoms with Gasteiger partial charge in [-0.05, 0) is 24.3 Å². The van der Waals surface area contributed by atoms with Gasteiger partial charge in [0, 0.05) is 38.4 Å². The minimum atomic E-state index is -3.55. The zero-order chi connectivity index (χ0) is 17.3. The third-order valence-corrected chi connectivity index (χ3v) is 6.26. The first-order valence-corrected chi connectivity index (χ1v) is 9.64. The summed E-state index contributed by atoms with van der Waals surface area (Å²) in [5.74, 6) is 1.95. The predicted octanol–water partition coefficient (Wildman–Crippen LogP) is 1.36. The van der Waals surface area contributed by atoms with E-state index in [1.165, 1.54) is 4.31 Å². The first-order valence-electron chi connectivity index (χ1n) is 8.20. The van der Waals surface area contributed by atoms with E-state index in [1.54, 1.807) is 24.4 Å². The zero-order valence-electron chi connectivity index (χ0n) is 13.7. The van der Waals surface area contributed by atoms with Crippen molar-refractivity contribution in [1.29, 1.82) is 0 Å². The molecule has 2 aliphatic rings. The highest BCUT2D eigenvalue weighted by molar-refractivity contribution is 7.89. The Bertz CT molecular complexity index is 849. The van der Waals surface area contributed by atoms with E-state index in [0.29, 0.717) is 50.9 Å². The number of pyridine rings is 1. The number of hydrogen-bond donors (Lipinski definition) is 0. The molecule has 0 radical (unpaired) electrons. The highest BCUT2D eigenvalue weighted by atomic mass is 32.2. The topological polar surface area (TPSA) is 72.0 Å². The number of ether oxygens (including phenoxy) is 2. The molecule has 2 aliphatic heterocycles. The molecular formula is C17H19N3O4S. The molecule has 1 aromatic heterocycles. The van der Waals surface area contributed by atoms with Gasteiger partial charge in [0.05, 0.1) is 4.90 Å². The quantitative estimate of drug-likeness (QED) is 0.822. The lowest BCUT2D eigenvalue weighted by atomic mass is 10.3. The fourth-order valence-electron chi connectivity index (χ4n) is 3.03. The van der Waals surface area contributed by atoms with Crippen LogP contribution >= 0.6 is 0 Å². The molecule has 0 atom stereocenters. The van der Waals surface area contributed by atoms with Gasteiger partial charge in [0.25, 0.3) is 0 Å². The Morgan fingerprint density at radius 1 is 0.920 bits per heavy atom. The molecule has 7 nitrogen and oxygen atoms in total. The number of fused-ring (bicyclic) bond motifs is 1. The van der Waals surface area contributed by atoms with Gasteiger partial charge in [-0.2, -0.15) is 4.31 Å². The Labute approximate surface area is 146 Å². The van der Waals surface area contributed by atoms with Gasteiger partial charge in [0.1, 0.15) is 19.0 Å². The molecule has 0 bridgehead atoms. The van der Waals surface area contributed by atoms with Gasteiger partial charge in [-0.1, -0.05) is 6.07 Å². The second kappa shape index (κ2) is 6.53. The molecule has 0 spiro atoms. The highest BCUT2D eigenvalue weighted by Crippen LogP contribution is 2.33. The van der Waals surface area contributed by atoms with Crippen molar-refractivity contribution in [2.24, 2.45) is 0 Å². The van der Waals surface area contributed by atoms with Crippen LogP contribution in [0.15, 0.2) is 47.5 Å². The highest BCUT2D eigenvalue weighted by Gasteiger charge is 2.30. The van der Waals surface area contributed by atoms with E-state index < -0.39 is 10.0 Å². The fraction of sp³-hybridized carbons (Fsp3) is 0.353. The first-order chi connectivity index (χ1) is 12.1. The maximum atomic E-state index is 12.9. The molecule has 132 valence electrons. The van der Waals surface area contributed by atoms with Crippen molar-refractivity contribution >= 4 is 15.8 Å². The molecule has 1 aromatic carbocycles. The molecular weight excluding hydrogens is 342 g/mol. The molecule has 0 amide bonds. The molecule has 0 aliphatic carbocycles. The molecule has 25 heavy (non-hydrogen) atoms. The van der Waals surface area contributed by atoms with Crippen LogP contribution in [0.3, 0.4) is 0 Å². The Balaban J connectivity index is 1.50. The minimum Gasteiger partial charge on any atom is -0.486 e. The average molecular weight is 361 g/mol. The molecule has 0 unspecified atom stereocenters. The van der Waals surface area contributed by atoms with Crippen molar-refractivity contribution in [3.05, 3.63) is 42.6 Å². The summed E-state index contributed by atoms with van der Waals surface area (Å²) in [7, 11) is -3.55. The van der Waals surface area contributed by atoms with Gasteiger partial charge in [-0.25, -0.2) is 13.4 Å².